The highest BCUT2D eigenvalue weighted by Crippen LogP contribution is 2.44. The molecule has 1 aliphatic heterocycles. The number of hydrogen-bond acceptors (Lipinski definition) is 4. The van der Waals surface area contributed by atoms with Gasteiger partial charge in [0.15, 0.2) is 0 Å². The van der Waals surface area contributed by atoms with Crippen molar-refractivity contribution in [3.63, 3.8) is 0 Å². The number of carbonyl (C=O) groups excluding carboxylic acids is 2. The number of hydrogen-bond donors (Lipinski definition) is 2. The molecule has 2 aromatic carbocycles. The zero-order valence-corrected chi connectivity index (χ0v) is 19.8. The van der Waals surface area contributed by atoms with Crippen molar-refractivity contribution in [1.29, 1.82) is 0 Å². The van der Waals surface area contributed by atoms with Crippen LogP contribution < -0.4 is 5.32 Å². The first kappa shape index (κ1) is 23.1. The predicted octanol–water partition coefficient (Wildman–Crippen LogP) is 4.18. The number of carboxylic acids is 1. The summed E-state index contributed by atoms with van der Waals surface area (Å²) in [5.41, 5.74) is 3.77. The molecule has 182 valence electrons. The number of allylic oxidation sites excluding steroid dienone is 1. The molecule has 1 fully saturated rings. The lowest BCUT2D eigenvalue weighted by atomic mass is 9.89. The van der Waals surface area contributed by atoms with E-state index in [2.05, 4.69) is 29.6 Å². The highest BCUT2D eigenvalue weighted by molar-refractivity contribution is 5.82. The molecule has 35 heavy (non-hydrogen) atoms. The predicted molar refractivity (Wildman–Crippen MR) is 131 cm³/mol. The summed E-state index contributed by atoms with van der Waals surface area (Å²) in [6.07, 6.45) is 4.82. The lowest BCUT2D eigenvalue weighted by molar-refractivity contribution is -0.147. The third-order valence-electron chi connectivity index (χ3n) is 7.62. The third kappa shape index (κ3) is 4.43. The van der Waals surface area contributed by atoms with Gasteiger partial charge in [-0.05, 0) is 48.4 Å². The number of amides is 2. The molecule has 0 bridgehead atoms. The second-order valence-electron chi connectivity index (χ2n) is 10.0. The topological polar surface area (TPSA) is 95.9 Å². The number of benzene rings is 2. The van der Waals surface area contributed by atoms with Gasteiger partial charge in [-0.3, -0.25) is 9.59 Å². The number of likely N-dealkylation sites (tertiary alicyclic amines) is 1. The van der Waals surface area contributed by atoms with Gasteiger partial charge in [0.25, 0.3) is 0 Å². The highest BCUT2D eigenvalue weighted by atomic mass is 16.5. The van der Waals surface area contributed by atoms with E-state index in [0.717, 1.165) is 11.1 Å². The van der Waals surface area contributed by atoms with Gasteiger partial charge in [-0.2, -0.15) is 0 Å². The Bertz CT molecular complexity index is 1150. The quantitative estimate of drug-likeness (QED) is 0.634. The van der Waals surface area contributed by atoms with Crippen LogP contribution in [0.15, 0.2) is 60.7 Å². The molecule has 2 aliphatic carbocycles. The fourth-order valence-corrected chi connectivity index (χ4v) is 5.57. The monoisotopic (exact) mass is 474 g/mol. The van der Waals surface area contributed by atoms with E-state index in [1.807, 2.05) is 36.4 Å². The summed E-state index contributed by atoms with van der Waals surface area (Å²) >= 11 is 0. The van der Waals surface area contributed by atoms with Crippen LogP contribution in [0.2, 0.25) is 0 Å². The van der Waals surface area contributed by atoms with Crippen LogP contribution in [-0.2, 0) is 14.3 Å². The average Bonchev–Trinajstić information content (AvgIpc) is 3.42. The van der Waals surface area contributed by atoms with Crippen LogP contribution in [0.3, 0.4) is 0 Å². The fourth-order valence-electron chi connectivity index (χ4n) is 5.57. The molecule has 3 aliphatic rings. The first-order valence-electron chi connectivity index (χ1n) is 12.2. The summed E-state index contributed by atoms with van der Waals surface area (Å²) in [5, 5.41) is 12.3. The van der Waals surface area contributed by atoms with Crippen LogP contribution in [0.5, 0.6) is 0 Å². The lowest BCUT2D eigenvalue weighted by Crippen LogP contribution is -2.43. The fraction of sp³-hybridized carbons (Fsp3) is 0.393. The minimum Gasteiger partial charge on any atom is -0.481 e. The molecular weight excluding hydrogens is 444 g/mol. The SMILES string of the molecule is CC1(C(=O)O)CCN(C(=O)C2CC=CC(NC(=O)OCC3c4ccccc4-c4ccccc43)C2)C1. The van der Waals surface area contributed by atoms with Gasteiger partial charge in [0.05, 0.1) is 11.5 Å². The zero-order chi connectivity index (χ0) is 24.6. The van der Waals surface area contributed by atoms with E-state index < -0.39 is 17.5 Å². The second-order valence-corrected chi connectivity index (χ2v) is 10.0. The summed E-state index contributed by atoms with van der Waals surface area (Å²) in [7, 11) is 0. The zero-order valence-electron chi connectivity index (χ0n) is 19.8. The van der Waals surface area contributed by atoms with Crippen LogP contribution in [0.4, 0.5) is 4.79 Å². The molecule has 7 nitrogen and oxygen atoms in total. The Morgan fingerprint density at radius 2 is 1.74 bits per heavy atom. The Kier molecular flexibility index (Phi) is 6.09. The number of fused-ring (bicyclic) bond motifs is 3. The van der Waals surface area contributed by atoms with E-state index in [1.54, 1.807) is 11.8 Å². The summed E-state index contributed by atoms with van der Waals surface area (Å²) in [4.78, 5) is 38.9. The molecule has 0 spiro atoms. The standard InChI is InChI=1S/C28H30N2O5/c1-28(26(32)33)13-14-30(17-28)25(31)18-7-6-8-19(15-18)29-27(34)35-16-24-22-11-4-2-9-20(22)21-10-3-5-12-23(21)24/h2-6,8-12,18-19,24H,7,13-17H2,1H3,(H,29,34)(H,32,33). The first-order chi connectivity index (χ1) is 16.9. The van der Waals surface area contributed by atoms with Crippen molar-refractivity contribution >= 4 is 18.0 Å². The lowest BCUT2D eigenvalue weighted by Gasteiger charge is -2.29. The smallest absolute Gasteiger partial charge is 0.407 e. The Labute approximate surface area is 204 Å². The van der Waals surface area contributed by atoms with Crippen LogP contribution >= 0.6 is 0 Å². The molecule has 1 saturated heterocycles. The largest absolute Gasteiger partial charge is 0.481 e. The van der Waals surface area contributed by atoms with Gasteiger partial charge in [-0.25, -0.2) is 4.79 Å². The van der Waals surface area contributed by atoms with Crippen LogP contribution in [0.1, 0.15) is 43.2 Å². The number of carbonyl (C=O) groups is 3. The van der Waals surface area contributed by atoms with Crippen LogP contribution in [0.25, 0.3) is 11.1 Å². The van der Waals surface area contributed by atoms with Crippen molar-refractivity contribution in [2.45, 2.75) is 38.1 Å². The molecule has 3 unspecified atom stereocenters. The van der Waals surface area contributed by atoms with E-state index in [9.17, 15) is 19.5 Å². The van der Waals surface area contributed by atoms with E-state index in [0.29, 0.717) is 25.8 Å². The molecule has 7 heteroatoms. The number of alkyl carbamates (subject to hydrolysis) is 1. The van der Waals surface area contributed by atoms with E-state index in [4.69, 9.17) is 4.74 Å². The van der Waals surface area contributed by atoms with Crippen LogP contribution in [-0.4, -0.2) is 53.7 Å². The molecule has 5 rings (SSSR count). The van der Waals surface area contributed by atoms with Gasteiger partial charge in [0, 0.05) is 24.9 Å². The number of rotatable bonds is 5. The average molecular weight is 475 g/mol. The molecule has 0 radical (unpaired) electrons. The van der Waals surface area contributed by atoms with Gasteiger partial charge < -0.3 is 20.1 Å². The third-order valence-corrected chi connectivity index (χ3v) is 7.62. The van der Waals surface area contributed by atoms with Crippen molar-refractivity contribution < 1.29 is 24.2 Å². The van der Waals surface area contributed by atoms with Gasteiger partial charge in [-0.15, -0.1) is 0 Å². The summed E-state index contributed by atoms with van der Waals surface area (Å²) in [6.45, 7) is 2.60. The maximum atomic E-state index is 13.0. The summed E-state index contributed by atoms with van der Waals surface area (Å²) in [6, 6.07) is 16.1. The maximum Gasteiger partial charge on any atom is 0.407 e. The molecule has 2 aromatic rings. The second kappa shape index (κ2) is 9.21. The number of nitrogens with one attached hydrogen (secondary N) is 1. The van der Waals surface area contributed by atoms with Gasteiger partial charge in [0.2, 0.25) is 5.91 Å². The van der Waals surface area contributed by atoms with Crippen molar-refractivity contribution in [2.24, 2.45) is 11.3 Å². The number of carboxylic acid groups (broad SMARTS) is 1. The van der Waals surface area contributed by atoms with Crippen LogP contribution in [0, 0.1) is 11.3 Å². The van der Waals surface area contributed by atoms with Gasteiger partial charge in [-0.1, -0.05) is 60.7 Å². The highest BCUT2D eigenvalue weighted by Gasteiger charge is 2.43. The van der Waals surface area contributed by atoms with Gasteiger partial charge in [0.1, 0.15) is 6.61 Å². The van der Waals surface area contributed by atoms with E-state index in [-0.39, 0.29) is 36.9 Å². The summed E-state index contributed by atoms with van der Waals surface area (Å²) < 4.78 is 5.65. The Morgan fingerprint density at radius 1 is 1.09 bits per heavy atom. The Hall–Kier alpha value is -3.61. The normalized spacial score (nSPS) is 25.1. The minimum absolute atomic E-state index is 0.0110. The van der Waals surface area contributed by atoms with Gasteiger partial charge >= 0.3 is 12.1 Å². The minimum atomic E-state index is -0.890. The van der Waals surface area contributed by atoms with Crippen molar-refractivity contribution in [3.05, 3.63) is 71.8 Å². The van der Waals surface area contributed by atoms with Crippen molar-refractivity contribution in [2.75, 3.05) is 19.7 Å². The first-order valence-corrected chi connectivity index (χ1v) is 12.2. The van der Waals surface area contributed by atoms with Crippen molar-refractivity contribution in [3.8, 4) is 11.1 Å². The maximum absolute atomic E-state index is 13.0. The van der Waals surface area contributed by atoms with E-state index >= 15 is 0 Å². The number of aliphatic carboxylic acids is 1. The summed E-state index contributed by atoms with van der Waals surface area (Å²) in [5.74, 6) is -1.21. The van der Waals surface area contributed by atoms with E-state index in [1.165, 1.54) is 11.1 Å². The molecular formula is C28H30N2O5. The molecule has 2 N–H and O–H groups in total. The number of nitrogens with zero attached hydrogens (tertiary/aromatic N) is 1. The number of ether oxygens (including phenoxy) is 1. The molecule has 0 saturated carbocycles. The molecule has 1 heterocycles. The van der Waals surface area contributed by atoms with Crippen molar-refractivity contribution in [1.82, 2.24) is 10.2 Å². The Balaban J connectivity index is 1.17. The molecule has 3 atom stereocenters. The Morgan fingerprint density at radius 3 is 2.37 bits per heavy atom. The molecule has 0 aromatic heterocycles. The molecule has 2 amide bonds.